The van der Waals surface area contributed by atoms with Crippen LogP contribution in [0.5, 0.6) is 5.75 Å². The zero-order valence-corrected chi connectivity index (χ0v) is 11.6. The Bertz CT molecular complexity index is 429. The molecule has 0 atom stereocenters. The van der Waals surface area contributed by atoms with Gasteiger partial charge in [0.25, 0.3) is 0 Å². The molecule has 1 aromatic rings. The highest BCUT2D eigenvalue weighted by Gasteiger charge is 2.07. The van der Waals surface area contributed by atoms with E-state index in [-0.39, 0.29) is 0 Å². The minimum atomic E-state index is 0.760. The predicted octanol–water partition coefficient (Wildman–Crippen LogP) is 3.94. The lowest BCUT2D eigenvalue weighted by Crippen LogP contribution is -2.16. The number of hydrogen-bond donors (Lipinski definition) is 1. The van der Waals surface area contributed by atoms with E-state index in [0.717, 1.165) is 35.8 Å². The molecule has 0 bridgehead atoms. The second kappa shape index (κ2) is 6.81. The molecule has 0 saturated carbocycles. The molecule has 0 unspecified atom stereocenters. The fraction of sp³-hybridized carbons (Fsp3) is 0.467. The van der Waals surface area contributed by atoms with E-state index in [4.69, 9.17) is 16.3 Å². The van der Waals surface area contributed by atoms with Gasteiger partial charge in [-0.3, -0.25) is 0 Å². The lowest BCUT2D eigenvalue weighted by molar-refractivity contribution is 0.408. The summed E-state index contributed by atoms with van der Waals surface area (Å²) in [6.07, 6.45) is 7.38. The topological polar surface area (TPSA) is 21.3 Å². The Morgan fingerprint density at radius 3 is 3.00 bits per heavy atom. The summed E-state index contributed by atoms with van der Waals surface area (Å²) >= 11 is 6.18. The molecular formula is C15H20ClNO. The predicted molar refractivity (Wildman–Crippen MR) is 76.3 cm³/mol. The third-order valence-electron chi connectivity index (χ3n) is 3.36. The molecule has 0 saturated heterocycles. The van der Waals surface area contributed by atoms with Gasteiger partial charge in [0, 0.05) is 17.1 Å². The van der Waals surface area contributed by atoms with Gasteiger partial charge in [-0.2, -0.15) is 0 Å². The average Bonchev–Trinajstić information content (AvgIpc) is 2.89. The zero-order valence-electron chi connectivity index (χ0n) is 10.8. The Hall–Kier alpha value is -0.990. The van der Waals surface area contributed by atoms with Crippen molar-refractivity contribution in [3.05, 3.63) is 40.4 Å². The van der Waals surface area contributed by atoms with Gasteiger partial charge in [-0.15, -0.1) is 0 Å². The van der Waals surface area contributed by atoms with Gasteiger partial charge in [-0.1, -0.05) is 29.3 Å². The molecule has 1 aliphatic carbocycles. The van der Waals surface area contributed by atoms with Gasteiger partial charge < -0.3 is 10.1 Å². The Balaban J connectivity index is 1.82. The first-order chi connectivity index (χ1) is 8.81. The Labute approximate surface area is 114 Å². The van der Waals surface area contributed by atoms with E-state index in [1.165, 1.54) is 19.3 Å². The highest BCUT2D eigenvalue weighted by atomic mass is 35.5. The minimum Gasteiger partial charge on any atom is -0.496 e. The summed E-state index contributed by atoms with van der Waals surface area (Å²) in [7, 11) is 1.68. The van der Waals surface area contributed by atoms with Gasteiger partial charge in [0.2, 0.25) is 0 Å². The third-order valence-corrected chi connectivity index (χ3v) is 3.71. The van der Waals surface area contributed by atoms with Crippen LogP contribution in [0.1, 0.15) is 31.2 Å². The number of allylic oxidation sites excluding steroid dienone is 1. The van der Waals surface area contributed by atoms with Crippen LogP contribution < -0.4 is 10.1 Å². The summed E-state index contributed by atoms with van der Waals surface area (Å²) in [6, 6.07) is 5.76. The van der Waals surface area contributed by atoms with E-state index in [2.05, 4.69) is 11.4 Å². The molecule has 18 heavy (non-hydrogen) atoms. The largest absolute Gasteiger partial charge is 0.496 e. The number of methoxy groups -OCH3 is 1. The maximum absolute atomic E-state index is 6.18. The van der Waals surface area contributed by atoms with Crippen LogP contribution in [-0.2, 0) is 6.54 Å². The van der Waals surface area contributed by atoms with Crippen LogP contribution in [0.15, 0.2) is 29.8 Å². The lowest BCUT2D eigenvalue weighted by atomic mass is 10.1. The second-order valence-electron chi connectivity index (χ2n) is 4.60. The number of ether oxygens (including phenoxy) is 1. The third kappa shape index (κ3) is 3.50. The van der Waals surface area contributed by atoms with Gasteiger partial charge in [0.05, 0.1) is 7.11 Å². The first kappa shape index (κ1) is 13.4. The number of benzene rings is 1. The number of nitrogens with one attached hydrogen (secondary N) is 1. The number of rotatable bonds is 6. The smallest absolute Gasteiger partial charge is 0.124 e. The molecule has 0 aliphatic heterocycles. The van der Waals surface area contributed by atoms with Crippen molar-refractivity contribution in [2.45, 2.75) is 32.2 Å². The van der Waals surface area contributed by atoms with Gasteiger partial charge in [0.1, 0.15) is 5.75 Å². The average molecular weight is 266 g/mol. The molecule has 1 aromatic carbocycles. The summed E-state index contributed by atoms with van der Waals surface area (Å²) < 4.78 is 5.32. The van der Waals surface area contributed by atoms with Gasteiger partial charge in [0.15, 0.2) is 0 Å². The monoisotopic (exact) mass is 265 g/mol. The summed E-state index contributed by atoms with van der Waals surface area (Å²) in [5, 5.41) is 4.20. The van der Waals surface area contributed by atoms with E-state index in [1.54, 1.807) is 12.7 Å². The Kier molecular flexibility index (Phi) is 5.09. The molecule has 0 spiro atoms. The fourth-order valence-corrected chi connectivity index (χ4v) is 2.56. The molecule has 0 heterocycles. The van der Waals surface area contributed by atoms with Crippen LogP contribution in [0.4, 0.5) is 0 Å². The molecule has 1 aliphatic rings. The summed E-state index contributed by atoms with van der Waals surface area (Å²) in [4.78, 5) is 0. The zero-order chi connectivity index (χ0) is 12.8. The summed E-state index contributed by atoms with van der Waals surface area (Å²) in [5.41, 5.74) is 2.63. The molecule has 0 fully saturated rings. The van der Waals surface area contributed by atoms with Crippen molar-refractivity contribution < 1.29 is 4.74 Å². The molecule has 2 nitrogen and oxygen atoms in total. The van der Waals surface area contributed by atoms with Crippen molar-refractivity contribution in [3.63, 3.8) is 0 Å². The molecule has 2 rings (SSSR count). The van der Waals surface area contributed by atoms with Gasteiger partial charge >= 0.3 is 0 Å². The highest BCUT2D eigenvalue weighted by Crippen LogP contribution is 2.26. The van der Waals surface area contributed by atoms with Crippen molar-refractivity contribution in [2.75, 3.05) is 13.7 Å². The molecule has 0 radical (unpaired) electrons. The van der Waals surface area contributed by atoms with E-state index < -0.39 is 0 Å². The van der Waals surface area contributed by atoms with Crippen molar-refractivity contribution in [2.24, 2.45) is 0 Å². The van der Waals surface area contributed by atoms with Crippen LogP contribution in [-0.4, -0.2) is 13.7 Å². The first-order valence-electron chi connectivity index (χ1n) is 6.51. The van der Waals surface area contributed by atoms with Crippen molar-refractivity contribution in [1.82, 2.24) is 5.32 Å². The van der Waals surface area contributed by atoms with Crippen LogP contribution in [0.25, 0.3) is 0 Å². The van der Waals surface area contributed by atoms with E-state index >= 15 is 0 Å². The van der Waals surface area contributed by atoms with Crippen molar-refractivity contribution >= 4 is 11.6 Å². The van der Waals surface area contributed by atoms with Crippen molar-refractivity contribution in [3.8, 4) is 5.75 Å². The van der Waals surface area contributed by atoms with Crippen LogP contribution in [0.3, 0.4) is 0 Å². The molecule has 0 amide bonds. The second-order valence-corrected chi connectivity index (χ2v) is 5.01. The highest BCUT2D eigenvalue weighted by molar-refractivity contribution is 6.31. The summed E-state index contributed by atoms with van der Waals surface area (Å²) in [5.74, 6) is 0.857. The van der Waals surface area contributed by atoms with Crippen molar-refractivity contribution in [1.29, 1.82) is 0 Å². The Morgan fingerprint density at radius 1 is 1.39 bits per heavy atom. The maximum Gasteiger partial charge on any atom is 0.124 e. The molecule has 3 heteroatoms. The molecule has 98 valence electrons. The molecular weight excluding hydrogens is 246 g/mol. The minimum absolute atomic E-state index is 0.760. The Morgan fingerprint density at radius 2 is 2.28 bits per heavy atom. The summed E-state index contributed by atoms with van der Waals surface area (Å²) in [6.45, 7) is 1.76. The van der Waals surface area contributed by atoms with E-state index in [1.807, 2.05) is 18.2 Å². The fourth-order valence-electron chi connectivity index (χ4n) is 2.33. The molecule has 0 aromatic heterocycles. The number of halogens is 1. The number of hydrogen-bond acceptors (Lipinski definition) is 2. The standard InChI is InChI=1S/C15H20ClNO/c1-18-15-8-4-7-14(16)13(15)11-17-10-9-12-5-2-3-6-12/h4-5,7-8,17H,2-3,6,9-11H2,1H3. The first-order valence-corrected chi connectivity index (χ1v) is 6.89. The van der Waals surface area contributed by atoms with Crippen LogP contribution in [0, 0.1) is 0 Å². The van der Waals surface area contributed by atoms with Gasteiger partial charge in [-0.25, -0.2) is 0 Å². The van der Waals surface area contributed by atoms with Crippen LogP contribution >= 0.6 is 11.6 Å². The van der Waals surface area contributed by atoms with E-state index in [9.17, 15) is 0 Å². The van der Waals surface area contributed by atoms with Crippen LogP contribution in [0.2, 0.25) is 5.02 Å². The normalized spacial score (nSPS) is 14.7. The maximum atomic E-state index is 6.18. The van der Waals surface area contributed by atoms with E-state index in [0.29, 0.717) is 0 Å². The van der Waals surface area contributed by atoms with Gasteiger partial charge in [-0.05, 0) is 44.4 Å². The lowest BCUT2D eigenvalue weighted by Gasteiger charge is -2.11. The molecule has 1 N–H and O–H groups in total. The SMILES string of the molecule is COc1cccc(Cl)c1CNCCC1=CCCC1. The quantitative estimate of drug-likeness (QED) is 0.621.